The Kier molecular flexibility index (Phi) is 4.17. The second-order valence-corrected chi connectivity index (χ2v) is 8.90. The van der Waals surface area contributed by atoms with E-state index in [-0.39, 0.29) is 11.6 Å². The first kappa shape index (κ1) is 14.5. The second kappa shape index (κ2) is 5.75. The first-order valence-electron chi connectivity index (χ1n) is 7.41. The topological polar surface area (TPSA) is 58.2 Å². The highest BCUT2D eigenvalue weighted by Gasteiger charge is 2.38. The molecule has 20 heavy (non-hydrogen) atoms. The molecule has 0 radical (unpaired) electrons. The van der Waals surface area contributed by atoms with Crippen LogP contribution in [0.4, 0.5) is 0 Å². The minimum atomic E-state index is -3.33. The fourth-order valence-corrected chi connectivity index (χ4v) is 5.84. The summed E-state index contributed by atoms with van der Waals surface area (Å²) >= 11 is 1.28. The van der Waals surface area contributed by atoms with E-state index >= 15 is 0 Å². The van der Waals surface area contributed by atoms with Crippen molar-refractivity contribution in [2.24, 2.45) is 0 Å². The third kappa shape index (κ3) is 3.08. The van der Waals surface area contributed by atoms with Crippen LogP contribution in [-0.4, -0.2) is 26.5 Å². The Balaban J connectivity index is 1.68. The van der Waals surface area contributed by atoms with Gasteiger partial charge in [0.1, 0.15) is 4.21 Å². The van der Waals surface area contributed by atoms with Gasteiger partial charge in [-0.3, -0.25) is 0 Å². The van der Waals surface area contributed by atoms with Gasteiger partial charge >= 0.3 is 0 Å². The molecular weight excluding hydrogens is 292 g/mol. The summed E-state index contributed by atoms with van der Waals surface area (Å²) in [6.07, 6.45) is 8.02. The van der Waals surface area contributed by atoms with Crippen molar-refractivity contribution in [3.8, 4) is 0 Å². The average Bonchev–Trinajstić information content (AvgIpc) is 2.94. The molecule has 1 aliphatic heterocycles. The Bertz CT molecular complexity index is 528. The smallest absolute Gasteiger partial charge is 0.250 e. The maximum absolute atomic E-state index is 12.3. The summed E-state index contributed by atoms with van der Waals surface area (Å²) in [5.74, 6) is 0. The minimum absolute atomic E-state index is 0.0708. The predicted molar refractivity (Wildman–Crippen MR) is 81.5 cm³/mol. The van der Waals surface area contributed by atoms with Crippen molar-refractivity contribution in [3.05, 3.63) is 17.5 Å². The number of hydrogen-bond donors (Lipinski definition) is 2. The lowest BCUT2D eigenvalue weighted by molar-refractivity contribution is 0.165. The van der Waals surface area contributed by atoms with Crippen LogP contribution in [0.2, 0.25) is 0 Å². The number of hydrogen-bond acceptors (Lipinski definition) is 4. The third-order valence-electron chi connectivity index (χ3n) is 4.52. The molecule has 4 nitrogen and oxygen atoms in total. The lowest BCUT2D eigenvalue weighted by Gasteiger charge is -2.44. The maximum atomic E-state index is 12.3. The average molecular weight is 314 g/mol. The van der Waals surface area contributed by atoms with E-state index in [4.69, 9.17) is 0 Å². The molecule has 1 spiro atoms. The third-order valence-corrected chi connectivity index (χ3v) is 7.44. The van der Waals surface area contributed by atoms with Gasteiger partial charge in [-0.25, -0.2) is 13.1 Å². The Morgan fingerprint density at radius 2 is 2.10 bits per heavy atom. The molecule has 1 aromatic heterocycles. The summed E-state index contributed by atoms with van der Waals surface area (Å²) in [6, 6.07) is 3.52. The molecule has 0 amide bonds. The molecule has 1 saturated carbocycles. The van der Waals surface area contributed by atoms with Crippen molar-refractivity contribution in [3.63, 3.8) is 0 Å². The molecule has 2 aliphatic rings. The minimum Gasteiger partial charge on any atom is -0.311 e. The Labute approximate surface area is 125 Å². The molecule has 3 rings (SSSR count). The number of rotatable bonds is 3. The van der Waals surface area contributed by atoms with Crippen LogP contribution in [0.15, 0.2) is 21.7 Å². The van der Waals surface area contributed by atoms with E-state index in [0.29, 0.717) is 4.21 Å². The molecule has 2 fully saturated rings. The monoisotopic (exact) mass is 314 g/mol. The van der Waals surface area contributed by atoms with Gasteiger partial charge in [0, 0.05) is 11.6 Å². The zero-order valence-electron chi connectivity index (χ0n) is 11.6. The van der Waals surface area contributed by atoms with E-state index in [1.807, 2.05) is 0 Å². The van der Waals surface area contributed by atoms with Crippen LogP contribution >= 0.6 is 11.3 Å². The Hall–Kier alpha value is -0.430. The van der Waals surface area contributed by atoms with Crippen LogP contribution in [0.5, 0.6) is 0 Å². The molecule has 6 heteroatoms. The molecule has 1 aromatic rings. The molecule has 0 bridgehead atoms. The first-order valence-corrected chi connectivity index (χ1v) is 9.77. The zero-order chi connectivity index (χ0) is 14.1. The van der Waals surface area contributed by atoms with Gasteiger partial charge < -0.3 is 5.32 Å². The summed E-state index contributed by atoms with van der Waals surface area (Å²) in [5, 5.41) is 5.46. The molecule has 112 valence electrons. The number of sulfonamides is 1. The van der Waals surface area contributed by atoms with Crippen LogP contribution in [0.3, 0.4) is 0 Å². The fourth-order valence-electron chi connectivity index (χ4n) is 3.56. The van der Waals surface area contributed by atoms with Crippen molar-refractivity contribution in [1.29, 1.82) is 0 Å². The van der Waals surface area contributed by atoms with Crippen molar-refractivity contribution in [2.75, 3.05) is 6.54 Å². The van der Waals surface area contributed by atoms with Gasteiger partial charge in [0.2, 0.25) is 10.0 Å². The number of piperidine rings is 1. The molecule has 2 heterocycles. The molecular formula is C14H22N2O2S2. The molecule has 1 unspecified atom stereocenters. The molecule has 1 saturated heterocycles. The predicted octanol–water partition coefficient (Wildman–Crippen LogP) is 2.48. The van der Waals surface area contributed by atoms with Crippen molar-refractivity contribution in [2.45, 2.75) is 60.7 Å². The van der Waals surface area contributed by atoms with Gasteiger partial charge in [0.05, 0.1) is 0 Å². The SMILES string of the molecule is O=S(=O)(NC1CCNC2(CCCCC2)C1)c1cccs1. The quantitative estimate of drug-likeness (QED) is 0.901. The van der Waals surface area contributed by atoms with Gasteiger partial charge in [-0.05, 0) is 43.7 Å². The van der Waals surface area contributed by atoms with E-state index < -0.39 is 10.0 Å². The normalized spacial score (nSPS) is 26.7. The number of thiophene rings is 1. The van der Waals surface area contributed by atoms with Crippen molar-refractivity contribution in [1.82, 2.24) is 10.0 Å². The van der Waals surface area contributed by atoms with E-state index in [9.17, 15) is 8.42 Å². The second-order valence-electron chi connectivity index (χ2n) is 6.01. The van der Waals surface area contributed by atoms with Crippen molar-refractivity contribution >= 4 is 21.4 Å². The van der Waals surface area contributed by atoms with Crippen LogP contribution in [-0.2, 0) is 10.0 Å². The molecule has 1 atom stereocenters. The lowest BCUT2D eigenvalue weighted by Crippen LogP contribution is -2.56. The molecule has 2 N–H and O–H groups in total. The highest BCUT2D eigenvalue weighted by atomic mass is 32.2. The van der Waals surface area contributed by atoms with Crippen LogP contribution in [0.25, 0.3) is 0 Å². The van der Waals surface area contributed by atoms with Gasteiger partial charge in [0.25, 0.3) is 0 Å². The van der Waals surface area contributed by atoms with Crippen LogP contribution < -0.4 is 10.0 Å². The van der Waals surface area contributed by atoms with Gasteiger partial charge in [-0.1, -0.05) is 25.3 Å². The van der Waals surface area contributed by atoms with Gasteiger partial charge in [-0.15, -0.1) is 11.3 Å². The summed E-state index contributed by atoms with van der Waals surface area (Å²) in [5.41, 5.74) is 0.180. The zero-order valence-corrected chi connectivity index (χ0v) is 13.2. The summed E-state index contributed by atoms with van der Waals surface area (Å²) in [6.45, 7) is 0.914. The molecule has 1 aliphatic carbocycles. The summed E-state index contributed by atoms with van der Waals surface area (Å²) in [4.78, 5) is 0. The van der Waals surface area contributed by atoms with Gasteiger partial charge in [0.15, 0.2) is 0 Å². The van der Waals surface area contributed by atoms with E-state index in [1.54, 1.807) is 17.5 Å². The van der Waals surface area contributed by atoms with Crippen LogP contribution in [0, 0.1) is 0 Å². The highest BCUT2D eigenvalue weighted by Crippen LogP contribution is 2.35. The Morgan fingerprint density at radius 1 is 1.30 bits per heavy atom. The first-order chi connectivity index (χ1) is 9.60. The Morgan fingerprint density at radius 3 is 2.80 bits per heavy atom. The fraction of sp³-hybridized carbons (Fsp3) is 0.714. The van der Waals surface area contributed by atoms with Crippen LogP contribution in [0.1, 0.15) is 44.9 Å². The van der Waals surface area contributed by atoms with E-state index in [2.05, 4.69) is 10.0 Å². The van der Waals surface area contributed by atoms with Crippen molar-refractivity contribution < 1.29 is 8.42 Å². The summed E-state index contributed by atoms with van der Waals surface area (Å²) in [7, 11) is -3.33. The molecule has 0 aromatic carbocycles. The standard InChI is InChI=1S/C14H22N2O2S2/c17-20(18,13-5-4-10-19-13)16-12-6-9-15-14(11-12)7-2-1-3-8-14/h4-5,10,12,15-16H,1-3,6-9,11H2. The van der Waals surface area contributed by atoms with Gasteiger partial charge in [-0.2, -0.15) is 0 Å². The van der Waals surface area contributed by atoms with E-state index in [0.717, 1.165) is 19.4 Å². The summed E-state index contributed by atoms with van der Waals surface area (Å²) < 4.78 is 28.0. The van der Waals surface area contributed by atoms with E-state index in [1.165, 1.54) is 43.4 Å². The maximum Gasteiger partial charge on any atom is 0.250 e. The highest BCUT2D eigenvalue weighted by molar-refractivity contribution is 7.91. The lowest BCUT2D eigenvalue weighted by atomic mass is 9.75. The number of nitrogens with one attached hydrogen (secondary N) is 2. The largest absolute Gasteiger partial charge is 0.311 e.